The van der Waals surface area contributed by atoms with E-state index in [2.05, 4.69) is 0 Å². The molecule has 1 aliphatic rings. The van der Waals surface area contributed by atoms with Gasteiger partial charge >= 0.3 is 0 Å². The molecule has 2 atom stereocenters. The largest absolute Gasteiger partial charge is 0.491 e. The Labute approximate surface area is 134 Å². The number of nitrogens with two attached hydrogens (primary N) is 1. The van der Waals surface area contributed by atoms with Crippen molar-refractivity contribution in [3.63, 3.8) is 0 Å². The summed E-state index contributed by atoms with van der Waals surface area (Å²) in [6.07, 6.45) is 0.417. The van der Waals surface area contributed by atoms with Gasteiger partial charge < -0.3 is 20.1 Å². The number of amides is 2. The molecule has 0 aromatic heterocycles. The van der Waals surface area contributed by atoms with Gasteiger partial charge in [0.15, 0.2) is 0 Å². The lowest BCUT2D eigenvalue weighted by molar-refractivity contribution is -0.137. The number of carbonyl (C=O) groups is 2. The number of halogens is 1. The molecule has 0 saturated carbocycles. The van der Waals surface area contributed by atoms with E-state index in [1.165, 1.54) is 4.90 Å². The van der Waals surface area contributed by atoms with Gasteiger partial charge in [-0.3, -0.25) is 9.59 Å². The fourth-order valence-corrected chi connectivity index (χ4v) is 2.66. The molecule has 6 nitrogen and oxygen atoms in total. The van der Waals surface area contributed by atoms with Crippen LogP contribution in [0.4, 0.5) is 0 Å². The second kappa shape index (κ2) is 7.47. The molecule has 0 radical (unpaired) electrons. The highest BCUT2D eigenvalue weighted by Crippen LogP contribution is 2.24. The third-order valence-electron chi connectivity index (χ3n) is 3.65. The zero-order chi connectivity index (χ0) is 16.1. The minimum absolute atomic E-state index is 0.144. The van der Waals surface area contributed by atoms with E-state index in [0.29, 0.717) is 23.7 Å². The molecule has 2 amide bonds. The van der Waals surface area contributed by atoms with Crippen LogP contribution in [0, 0.1) is 0 Å². The summed E-state index contributed by atoms with van der Waals surface area (Å²) in [5, 5.41) is 0.491. The van der Waals surface area contributed by atoms with E-state index in [9.17, 15) is 9.59 Å². The number of methoxy groups -OCH3 is 1. The first-order chi connectivity index (χ1) is 10.5. The van der Waals surface area contributed by atoms with Gasteiger partial charge in [0.25, 0.3) is 0 Å². The monoisotopic (exact) mass is 326 g/mol. The number of hydrogen-bond acceptors (Lipinski definition) is 4. The van der Waals surface area contributed by atoms with Crippen LogP contribution in [0.2, 0.25) is 5.02 Å². The van der Waals surface area contributed by atoms with E-state index in [-0.39, 0.29) is 25.0 Å². The minimum atomic E-state index is -0.613. The van der Waals surface area contributed by atoms with Gasteiger partial charge in [-0.15, -0.1) is 0 Å². The number of hydrogen-bond donors (Lipinski definition) is 1. The van der Waals surface area contributed by atoms with Crippen molar-refractivity contribution in [2.75, 3.05) is 20.3 Å². The number of para-hydroxylation sites is 1. The predicted octanol–water partition coefficient (Wildman–Crippen LogP) is 1.21. The molecule has 1 aromatic rings. The van der Waals surface area contributed by atoms with Crippen molar-refractivity contribution in [1.82, 2.24) is 4.90 Å². The van der Waals surface area contributed by atoms with Crippen LogP contribution in [0.5, 0.6) is 5.75 Å². The summed E-state index contributed by atoms with van der Waals surface area (Å²) in [6.45, 7) is 0.553. The van der Waals surface area contributed by atoms with Crippen LogP contribution in [0.25, 0.3) is 0 Å². The van der Waals surface area contributed by atoms with Gasteiger partial charge in [0.05, 0.1) is 24.2 Å². The molecule has 1 fully saturated rings. The molecule has 2 rings (SSSR count). The molecule has 22 heavy (non-hydrogen) atoms. The Morgan fingerprint density at radius 2 is 2.14 bits per heavy atom. The third kappa shape index (κ3) is 3.90. The smallest absolute Gasteiger partial charge is 0.240 e. The normalized spacial score (nSPS) is 20.9. The molecular formula is C15H19ClN2O4. The summed E-state index contributed by atoms with van der Waals surface area (Å²) in [6, 6.07) is 6.43. The number of rotatable bonds is 6. The van der Waals surface area contributed by atoms with Gasteiger partial charge in [0, 0.05) is 20.1 Å². The van der Waals surface area contributed by atoms with E-state index in [1.54, 1.807) is 31.4 Å². The van der Waals surface area contributed by atoms with Gasteiger partial charge in [-0.25, -0.2) is 0 Å². The maximum absolute atomic E-state index is 12.2. The van der Waals surface area contributed by atoms with E-state index in [1.807, 2.05) is 0 Å². The average molecular weight is 327 g/mol. The lowest BCUT2D eigenvalue weighted by Crippen LogP contribution is -2.44. The van der Waals surface area contributed by atoms with Gasteiger partial charge in [0.1, 0.15) is 11.8 Å². The number of ether oxygens (including phenoxy) is 2. The van der Waals surface area contributed by atoms with Crippen molar-refractivity contribution in [2.24, 2.45) is 5.73 Å². The van der Waals surface area contributed by atoms with Crippen molar-refractivity contribution in [1.29, 1.82) is 0 Å². The average Bonchev–Trinajstić information content (AvgIpc) is 2.94. The van der Waals surface area contributed by atoms with E-state index < -0.39 is 11.9 Å². The molecule has 0 unspecified atom stereocenters. The summed E-state index contributed by atoms with van der Waals surface area (Å²) < 4.78 is 10.7. The zero-order valence-corrected chi connectivity index (χ0v) is 13.1. The Morgan fingerprint density at radius 3 is 2.77 bits per heavy atom. The molecule has 1 saturated heterocycles. The van der Waals surface area contributed by atoms with E-state index in [0.717, 1.165) is 0 Å². The highest BCUT2D eigenvalue weighted by atomic mass is 35.5. The van der Waals surface area contributed by atoms with Crippen LogP contribution in [0.1, 0.15) is 12.8 Å². The fourth-order valence-electron chi connectivity index (χ4n) is 2.47. The summed E-state index contributed by atoms with van der Waals surface area (Å²) in [5.74, 6) is -0.171. The van der Waals surface area contributed by atoms with Crippen molar-refractivity contribution < 1.29 is 19.1 Å². The van der Waals surface area contributed by atoms with Gasteiger partial charge in [-0.2, -0.15) is 0 Å². The molecule has 2 N–H and O–H groups in total. The molecule has 0 aliphatic carbocycles. The molecule has 0 bridgehead atoms. The zero-order valence-electron chi connectivity index (χ0n) is 12.3. The number of nitrogens with zero attached hydrogens (tertiary/aromatic N) is 1. The quantitative estimate of drug-likeness (QED) is 0.852. The molecule has 7 heteroatoms. The number of carbonyl (C=O) groups excluding carboxylic acids is 2. The van der Waals surface area contributed by atoms with Crippen LogP contribution in [0.3, 0.4) is 0 Å². The van der Waals surface area contributed by atoms with Crippen LogP contribution in [-0.2, 0) is 14.3 Å². The molecule has 120 valence electrons. The van der Waals surface area contributed by atoms with Gasteiger partial charge in [-0.05, 0) is 12.1 Å². The second-order valence-corrected chi connectivity index (χ2v) is 5.49. The Balaban J connectivity index is 1.88. The SMILES string of the molecule is CO[C@H]1C[C@@H](C(N)=O)N(C(=O)CCOc2ccccc2Cl)C1. The lowest BCUT2D eigenvalue weighted by Gasteiger charge is -2.22. The first-order valence-electron chi connectivity index (χ1n) is 7.02. The van der Waals surface area contributed by atoms with E-state index in [4.69, 9.17) is 26.8 Å². The Morgan fingerprint density at radius 1 is 1.41 bits per heavy atom. The Kier molecular flexibility index (Phi) is 5.63. The van der Waals surface area contributed by atoms with Crippen LogP contribution < -0.4 is 10.5 Å². The first-order valence-corrected chi connectivity index (χ1v) is 7.39. The predicted molar refractivity (Wildman–Crippen MR) is 81.7 cm³/mol. The summed E-state index contributed by atoms with van der Waals surface area (Å²) in [5.41, 5.74) is 5.35. The minimum Gasteiger partial charge on any atom is -0.491 e. The third-order valence-corrected chi connectivity index (χ3v) is 3.97. The highest BCUT2D eigenvalue weighted by molar-refractivity contribution is 6.32. The van der Waals surface area contributed by atoms with Crippen molar-refractivity contribution in [3.05, 3.63) is 29.3 Å². The summed E-state index contributed by atoms with van der Waals surface area (Å²) in [4.78, 5) is 25.2. The van der Waals surface area contributed by atoms with Crippen molar-refractivity contribution >= 4 is 23.4 Å². The molecule has 1 aliphatic heterocycles. The first kappa shape index (κ1) is 16.6. The topological polar surface area (TPSA) is 81.9 Å². The lowest BCUT2D eigenvalue weighted by atomic mass is 10.2. The Hall–Kier alpha value is -1.79. The summed E-state index contributed by atoms with van der Waals surface area (Å²) >= 11 is 5.97. The fraction of sp³-hybridized carbons (Fsp3) is 0.467. The number of benzene rings is 1. The number of primary amides is 1. The standard InChI is InChI=1S/C15H19ClN2O4/c1-21-10-8-12(15(17)20)18(9-10)14(19)6-7-22-13-5-3-2-4-11(13)16/h2-5,10,12H,6-9H2,1H3,(H2,17,20)/t10-,12-/m0/s1. The van der Waals surface area contributed by atoms with E-state index >= 15 is 0 Å². The maximum atomic E-state index is 12.2. The van der Waals surface area contributed by atoms with Crippen molar-refractivity contribution in [3.8, 4) is 5.75 Å². The molecule has 1 aromatic carbocycles. The Bertz CT molecular complexity index is 552. The van der Waals surface area contributed by atoms with Crippen LogP contribution in [-0.4, -0.2) is 49.1 Å². The summed E-state index contributed by atoms with van der Waals surface area (Å²) in [7, 11) is 1.55. The van der Waals surface area contributed by atoms with Gasteiger partial charge in [-0.1, -0.05) is 23.7 Å². The van der Waals surface area contributed by atoms with Crippen molar-refractivity contribution in [2.45, 2.75) is 25.0 Å². The van der Waals surface area contributed by atoms with Gasteiger partial charge in [0.2, 0.25) is 11.8 Å². The van der Waals surface area contributed by atoms with Crippen LogP contribution in [0.15, 0.2) is 24.3 Å². The molecular weight excluding hydrogens is 308 g/mol. The van der Waals surface area contributed by atoms with Crippen LogP contribution >= 0.6 is 11.6 Å². The molecule has 1 heterocycles. The highest BCUT2D eigenvalue weighted by Gasteiger charge is 2.38. The number of likely N-dealkylation sites (tertiary alicyclic amines) is 1. The second-order valence-electron chi connectivity index (χ2n) is 5.09. The molecule has 0 spiro atoms. The maximum Gasteiger partial charge on any atom is 0.240 e.